The Morgan fingerprint density at radius 1 is 1.38 bits per heavy atom. The molecule has 0 spiro atoms. The molecule has 1 aromatic carbocycles. The molecule has 5 heteroatoms. The molecule has 0 amide bonds. The van der Waals surface area contributed by atoms with Crippen LogP contribution in [0.15, 0.2) is 23.1 Å². The van der Waals surface area contributed by atoms with Gasteiger partial charge in [0.25, 0.3) is 0 Å². The van der Waals surface area contributed by atoms with E-state index in [0.717, 1.165) is 12.0 Å². The molecule has 0 aliphatic carbocycles. The van der Waals surface area contributed by atoms with Crippen molar-refractivity contribution in [3.05, 3.63) is 29.3 Å². The molecule has 1 aromatic rings. The summed E-state index contributed by atoms with van der Waals surface area (Å²) in [6.07, 6.45) is 0.732. The van der Waals surface area contributed by atoms with Gasteiger partial charge in [-0.1, -0.05) is 6.92 Å². The van der Waals surface area contributed by atoms with E-state index in [1.165, 1.54) is 6.07 Å². The second-order valence-electron chi connectivity index (χ2n) is 3.54. The molecular formula is C11H14N2O2S. The van der Waals surface area contributed by atoms with Crippen LogP contribution in [0.3, 0.4) is 0 Å². The van der Waals surface area contributed by atoms with Crippen molar-refractivity contribution in [2.45, 2.75) is 25.2 Å². The van der Waals surface area contributed by atoms with Gasteiger partial charge < -0.3 is 0 Å². The lowest BCUT2D eigenvalue weighted by atomic mass is 10.2. The summed E-state index contributed by atoms with van der Waals surface area (Å²) in [5.41, 5.74) is 1.12. The summed E-state index contributed by atoms with van der Waals surface area (Å²) < 4.78 is 26.0. The molecule has 0 radical (unpaired) electrons. The number of sulfonamides is 1. The molecule has 0 atom stereocenters. The smallest absolute Gasteiger partial charge is 0.211 e. The molecule has 86 valence electrons. The molecule has 0 fully saturated rings. The maximum atomic E-state index is 11.8. The molecule has 4 nitrogen and oxygen atoms in total. The number of benzene rings is 1. The molecule has 0 saturated heterocycles. The first-order valence-electron chi connectivity index (χ1n) is 5.01. The Kier molecular flexibility index (Phi) is 4.05. The highest BCUT2D eigenvalue weighted by molar-refractivity contribution is 7.89. The maximum Gasteiger partial charge on any atom is 0.240 e. The predicted molar refractivity (Wildman–Crippen MR) is 61.4 cm³/mol. The van der Waals surface area contributed by atoms with Gasteiger partial charge in [-0.25, -0.2) is 13.1 Å². The van der Waals surface area contributed by atoms with Crippen LogP contribution in [0.2, 0.25) is 0 Å². The molecule has 16 heavy (non-hydrogen) atoms. The minimum absolute atomic E-state index is 0.150. The van der Waals surface area contributed by atoms with Crippen LogP contribution in [-0.4, -0.2) is 15.0 Å². The highest BCUT2D eigenvalue weighted by atomic mass is 32.2. The quantitative estimate of drug-likeness (QED) is 0.865. The normalized spacial score (nSPS) is 11.1. The van der Waals surface area contributed by atoms with E-state index >= 15 is 0 Å². The summed E-state index contributed by atoms with van der Waals surface area (Å²) >= 11 is 0. The fraction of sp³-hybridized carbons (Fsp3) is 0.364. The Labute approximate surface area is 96.0 Å². The van der Waals surface area contributed by atoms with Crippen LogP contribution in [0, 0.1) is 18.3 Å². The second kappa shape index (κ2) is 5.10. The van der Waals surface area contributed by atoms with Gasteiger partial charge in [0.2, 0.25) is 10.0 Å². The Balaban J connectivity index is 3.14. The second-order valence-corrected chi connectivity index (χ2v) is 5.31. The highest BCUT2D eigenvalue weighted by Crippen LogP contribution is 2.14. The Bertz CT molecular complexity index is 515. The average Bonchev–Trinajstić information content (AvgIpc) is 2.25. The molecule has 0 aliphatic heterocycles. The molecule has 1 N–H and O–H groups in total. The maximum absolute atomic E-state index is 11.8. The van der Waals surface area contributed by atoms with E-state index in [4.69, 9.17) is 5.26 Å². The molecule has 0 bridgehead atoms. The summed E-state index contributed by atoms with van der Waals surface area (Å²) in [5, 5.41) is 8.76. The van der Waals surface area contributed by atoms with Gasteiger partial charge in [-0.2, -0.15) is 5.26 Å². The number of hydrogen-bond acceptors (Lipinski definition) is 3. The number of rotatable bonds is 4. The van der Waals surface area contributed by atoms with E-state index in [-0.39, 0.29) is 4.90 Å². The van der Waals surface area contributed by atoms with Gasteiger partial charge in [-0.15, -0.1) is 0 Å². The molecule has 0 saturated carbocycles. The third kappa shape index (κ3) is 3.05. The van der Waals surface area contributed by atoms with E-state index in [1.54, 1.807) is 19.1 Å². The van der Waals surface area contributed by atoms with Crippen LogP contribution < -0.4 is 4.72 Å². The summed E-state index contributed by atoms with van der Waals surface area (Å²) in [6, 6.07) is 6.53. The molecule has 0 unspecified atom stereocenters. The van der Waals surface area contributed by atoms with Crippen LogP contribution in [0.5, 0.6) is 0 Å². The van der Waals surface area contributed by atoms with Crippen molar-refractivity contribution in [3.8, 4) is 6.07 Å². The zero-order chi connectivity index (χ0) is 12.2. The number of nitrogens with zero attached hydrogens (tertiary/aromatic N) is 1. The first-order chi connectivity index (χ1) is 7.49. The molecule has 0 aliphatic rings. The largest absolute Gasteiger partial charge is 0.240 e. The van der Waals surface area contributed by atoms with Gasteiger partial charge in [-0.3, -0.25) is 0 Å². The van der Waals surface area contributed by atoms with Gasteiger partial charge in [0.1, 0.15) is 0 Å². The minimum atomic E-state index is -3.48. The first kappa shape index (κ1) is 12.7. The lowest BCUT2D eigenvalue weighted by molar-refractivity contribution is 0.580. The monoisotopic (exact) mass is 238 g/mol. The van der Waals surface area contributed by atoms with Crippen molar-refractivity contribution in [3.63, 3.8) is 0 Å². The molecule has 0 aromatic heterocycles. The van der Waals surface area contributed by atoms with E-state index < -0.39 is 10.0 Å². The first-order valence-corrected chi connectivity index (χ1v) is 6.49. The number of nitriles is 1. The third-order valence-electron chi connectivity index (χ3n) is 2.03. The Morgan fingerprint density at radius 2 is 2.06 bits per heavy atom. The van der Waals surface area contributed by atoms with Crippen molar-refractivity contribution in [2.75, 3.05) is 6.54 Å². The van der Waals surface area contributed by atoms with Crippen molar-refractivity contribution in [2.24, 2.45) is 0 Å². The van der Waals surface area contributed by atoms with E-state index in [9.17, 15) is 8.42 Å². The summed E-state index contributed by atoms with van der Waals surface area (Å²) in [7, 11) is -3.48. The Morgan fingerprint density at radius 3 is 2.62 bits per heavy atom. The van der Waals surface area contributed by atoms with Gasteiger partial charge in [0.15, 0.2) is 0 Å². The van der Waals surface area contributed by atoms with Crippen LogP contribution in [0.1, 0.15) is 24.5 Å². The van der Waals surface area contributed by atoms with Gasteiger partial charge >= 0.3 is 0 Å². The SMILES string of the molecule is CCCNS(=O)(=O)c1cc(C)cc(C#N)c1. The van der Waals surface area contributed by atoms with Crippen molar-refractivity contribution in [1.82, 2.24) is 4.72 Å². The van der Waals surface area contributed by atoms with Crippen molar-refractivity contribution >= 4 is 10.0 Å². The average molecular weight is 238 g/mol. The molecular weight excluding hydrogens is 224 g/mol. The van der Waals surface area contributed by atoms with E-state index in [2.05, 4.69) is 4.72 Å². The minimum Gasteiger partial charge on any atom is -0.211 e. The number of aryl methyl sites for hydroxylation is 1. The topological polar surface area (TPSA) is 70.0 Å². The Hall–Kier alpha value is -1.38. The summed E-state index contributed by atoms with van der Waals surface area (Å²) in [4.78, 5) is 0.150. The van der Waals surface area contributed by atoms with Crippen LogP contribution in [0.25, 0.3) is 0 Å². The van der Waals surface area contributed by atoms with Crippen molar-refractivity contribution in [1.29, 1.82) is 5.26 Å². The zero-order valence-electron chi connectivity index (χ0n) is 9.32. The number of nitrogens with one attached hydrogen (secondary N) is 1. The fourth-order valence-electron chi connectivity index (χ4n) is 1.29. The number of hydrogen-bond donors (Lipinski definition) is 1. The van der Waals surface area contributed by atoms with Crippen molar-refractivity contribution < 1.29 is 8.42 Å². The highest BCUT2D eigenvalue weighted by Gasteiger charge is 2.14. The predicted octanol–water partition coefficient (Wildman–Crippen LogP) is 1.56. The van der Waals surface area contributed by atoms with E-state index in [0.29, 0.717) is 12.1 Å². The van der Waals surface area contributed by atoms with Gasteiger partial charge in [0, 0.05) is 6.54 Å². The van der Waals surface area contributed by atoms with Crippen LogP contribution in [-0.2, 0) is 10.0 Å². The third-order valence-corrected chi connectivity index (χ3v) is 3.47. The van der Waals surface area contributed by atoms with Gasteiger partial charge in [0.05, 0.1) is 16.5 Å². The summed E-state index contributed by atoms with van der Waals surface area (Å²) in [6.45, 7) is 4.05. The van der Waals surface area contributed by atoms with E-state index in [1.807, 2.05) is 13.0 Å². The summed E-state index contributed by atoms with van der Waals surface area (Å²) in [5.74, 6) is 0. The molecule has 0 heterocycles. The van der Waals surface area contributed by atoms with Gasteiger partial charge in [-0.05, 0) is 37.1 Å². The molecule has 1 rings (SSSR count). The zero-order valence-corrected chi connectivity index (χ0v) is 10.1. The standard InChI is InChI=1S/C11H14N2O2S/c1-3-4-13-16(14,15)11-6-9(2)5-10(7-11)8-12/h5-7,13H,3-4H2,1-2H3. The lowest BCUT2D eigenvalue weighted by Crippen LogP contribution is -2.24. The fourth-order valence-corrected chi connectivity index (χ4v) is 2.55. The van der Waals surface area contributed by atoms with Crippen LogP contribution >= 0.6 is 0 Å². The van der Waals surface area contributed by atoms with Crippen LogP contribution in [0.4, 0.5) is 0 Å². The lowest BCUT2D eigenvalue weighted by Gasteiger charge is -2.06.